The van der Waals surface area contributed by atoms with Gasteiger partial charge >= 0.3 is 6.01 Å². The van der Waals surface area contributed by atoms with E-state index in [1.807, 2.05) is 22.6 Å². The van der Waals surface area contributed by atoms with Crippen LogP contribution in [0.5, 0.6) is 0 Å². The zero-order chi connectivity index (χ0) is 14.0. The average Bonchev–Trinajstić information content (AvgIpc) is 2.74. The van der Waals surface area contributed by atoms with Crippen molar-refractivity contribution in [2.24, 2.45) is 0 Å². The fraction of sp³-hybridized carbons (Fsp3) is 0.100. The molecule has 2 rings (SSSR count). The van der Waals surface area contributed by atoms with Crippen molar-refractivity contribution in [2.75, 3.05) is 5.32 Å². The number of amides is 1. The van der Waals surface area contributed by atoms with Gasteiger partial charge in [-0.1, -0.05) is 5.16 Å². The van der Waals surface area contributed by atoms with Crippen LogP contribution >= 0.6 is 22.6 Å². The number of non-ortho nitro benzene ring substituents is 1. The first kappa shape index (κ1) is 13.4. The Bertz CT molecular complexity index is 655. The minimum absolute atomic E-state index is 0.0511. The molecule has 0 unspecified atom stereocenters. The second-order valence-corrected chi connectivity index (χ2v) is 4.68. The van der Waals surface area contributed by atoms with E-state index in [4.69, 9.17) is 4.52 Å². The number of nitro benzene ring substituents is 1. The molecule has 2 aromatic rings. The summed E-state index contributed by atoms with van der Waals surface area (Å²) in [6.07, 6.45) is 0. The van der Waals surface area contributed by atoms with Crippen molar-refractivity contribution < 1.29 is 14.2 Å². The number of benzene rings is 1. The predicted molar refractivity (Wildman–Crippen MR) is 72.8 cm³/mol. The number of hydrogen-bond acceptors (Lipinski definition) is 6. The minimum atomic E-state index is -0.566. The molecule has 0 saturated heterocycles. The predicted octanol–water partition coefficient (Wildman–Crippen LogP) is 2.14. The first-order valence-corrected chi connectivity index (χ1v) is 6.11. The summed E-state index contributed by atoms with van der Waals surface area (Å²) in [6.45, 7) is 1.61. The molecule has 0 saturated carbocycles. The van der Waals surface area contributed by atoms with Crippen molar-refractivity contribution in [3.8, 4) is 0 Å². The average molecular weight is 374 g/mol. The van der Waals surface area contributed by atoms with Gasteiger partial charge in [-0.05, 0) is 35.6 Å². The Balaban J connectivity index is 2.27. The van der Waals surface area contributed by atoms with E-state index in [2.05, 4.69) is 15.5 Å². The topological polar surface area (TPSA) is 111 Å². The number of carbonyl (C=O) groups excluding carboxylic acids is 1. The van der Waals surface area contributed by atoms with E-state index in [0.29, 0.717) is 9.39 Å². The number of aromatic nitrogens is 2. The molecular formula is C10H7IN4O4. The van der Waals surface area contributed by atoms with Crippen LogP contribution in [0.25, 0.3) is 0 Å². The van der Waals surface area contributed by atoms with E-state index in [1.165, 1.54) is 18.2 Å². The second-order valence-electron chi connectivity index (χ2n) is 3.52. The highest BCUT2D eigenvalue weighted by Crippen LogP contribution is 2.20. The summed E-state index contributed by atoms with van der Waals surface area (Å²) in [7, 11) is 0. The van der Waals surface area contributed by atoms with Gasteiger partial charge in [0.1, 0.15) is 0 Å². The molecule has 0 fully saturated rings. The molecule has 1 aromatic heterocycles. The Labute approximate surface area is 120 Å². The number of nitro groups is 1. The fourth-order valence-corrected chi connectivity index (χ4v) is 1.89. The van der Waals surface area contributed by atoms with Crippen LogP contribution in [-0.2, 0) is 0 Å². The fourth-order valence-electron chi connectivity index (χ4n) is 1.31. The van der Waals surface area contributed by atoms with Gasteiger partial charge in [0.25, 0.3) is 11.6 Å². The Morgan fingerprint density at radius 1 is 1.53 bits per heavy atom. The second kappa shape index (κ2) is 5.30. The van der Waals surface area contributed by atoms with Gasteiger partial charge in [-0.15, -0.1) is 0 Å². The summed E-state index contributed by atoms with van der Waals surface area (Å²) in [5, 5.41) is 16.6. The van der Waals surface area contributed by atoms with Crippen molar-refractivity contribution in [1.29, 1.82) is 0 Å². The molecule has 0 aliphatic heterocycles. The molecule has 9 heteroatoms. The van der Waals surface area contributed by atoms with Crippen molar-refractivity contribution in [2.45, 2.75) is 6.92 Å². The molecule has 0 aliphatic carbocycles. The molecule has 8 nitrogen and oxygen atoms in total. The maximum Gasteiger partial charge on any atom is 0.328 e. The van der Waals surface area contributed by atoms with Gasteiger partial charge in [-0.25, -0.2) is 0 Å². The van der Waals surface area contributed by atoms with Gasteiger partial charge in [0.15, 0.2) is 5.82 Å². The van der Waals surface area contributed by atoms with E-state index < -0.39 is 10.8 Å². The number of hydrogen-bond donors (Lipinski definition) is 1. The van der Waals surface area contributed by atoms with E-state index in [-0.39, 0.29) is 17.3 Å². The Kier molecular flexibility index (Phi) is 3.74. The molecule has 1 amide bonds. The monoisotopic (exact) mass is 374 g/mol. The standard InChI is InChI=1S/C10H7IN4O4/c1-5-12-10(19-14-5)13-9(16)7-4-6(15(17)18)2-3-8(7)11/h2-4H,1H3,(H,12,13,14,16). The van der Waals surface area contributed by atoms with Crippen LogP contribution in [0.4, 0.5) is 11.7 Å². The van der Waals surface area contributed by atoms with Gasteiger partial charge in [0.05, 0.1) is 10.5 Å². The highest BCUT2D eigenvalue weighted by molar-refractivity contribution is 14.1. The zero-order valence-electron chi connectivity index (χ0n) is 9.58. The molecule has 19 heavy (non-hydrogen) atoms. The van der Waals surface area contributed by atoms with Gasteiger partial charge < -0.3 is 4.52 Å². The number of nitrogens with zero attached hydrogens (tertiary/aromatic N) is 3. The number of anilines is 1. The van der Waals surface area contributed by atoms with Gasteiger partial charge in [0, 0.05) is 15.7 Å². The van der Waals surface area contributed by atoms with E-state index >= 15 is 0 Å². The van der Waals surface area contributed by atoms with Crippen LogP contribution in [0, 0.1) is 20.6 Å². The van der Waals surface area contributed by atoms with Crippen LogP contribution in [0.15, 0.2) is 22.7 Å². The molecule has 1 aromatic carbocycles. The molecule has 1 N–H and O–H groups in total. The quantitative estimate of drug-likeness (QED) is 0.501. The molecule has 1 heterocycles. The number of nitrogens with one attached hydrogen (secondary N) is 1. The Hall–Kier alpha value is -2.04. The third-order valence-corrected chi connectivity index (χ3v) is 3.09. The largest absolute Gasteiger partial charge is 0.328 e. The summed E-state index contributed by atoms with van der Waals surface area (Å²) in [5.74, 6) is -0.166. The maximum absolute atomic E-state index is 12.0. The molecule has 0 aliphatic rings. The van der Waals surface area contributed by atoms with Gasteiger partial charge in [-0.2, -0.15) is 4.98 Å². The smallest absolute Gasteiger partial charge is 0.315 e. The van der Waals surface area contributed by atoms with Crippen molar-refractivity contribution in [3.63, 3.8) is 0 Å². The normalized spacial score (nSPS) is 10.2. The first-order chi connectivity index (χ1) is 8.97. The number of aryl methyl sites for hydroxylation is 1. The number of rotatable bonds is 3. The van der Waals surface area contributed by atoms with Crippen LogP contribution in [0.2, 0.25) is 0 Å². The van der Waals surface area contributed by atoms with Crippen LogP contribution in [-0.4, -0.2) is 21.0 Å². The van der Waals surface area contributed by atoms with Crippen molar-refractivity contribution in [1.82, 2.24) is 10.1 Å². The number of carbonyl (C=O) groups is 1. The lowest BCUT2D eigenvalue weighted by Gasteiger charge is -2.03. The van der Waals surface area contributed by atoms with Gasteiger partial charge in [-0.3, -0.25) is 20.2 Å². The first-order valence-electron chi connectivity index (χ1n) is 5.03. The van der Waals surface area contributed by atoms with Crippen molar-refractivity contribution >= 4 is 40.2 Å². The van der Waals surface area contributed by atoms with Crippen molar-refractivity contribution in [3.05, 3.63) is 43.3 Å². The summed E-state index contributed by atoms with van der Waals surface area (Å²) in [5.41, 5.74) is 0.0120. The molecular weight excluding hydrogens is 367 g/mol. The lowest BCUT2D eigenvalue weighted by atomic mass is 10.2. The molecule has 0 spiro atoms. The Morgan fingerprint density at radius 2 is 2.26 bits per heavy atom. The Morgan fingerprint density at radius 3 is 2.84 bits per heavy atom. The minimum Gasteiger partial charge on any atom is -0.315 e. The summed E-state index contributed by atoms with van der Waals surface area (Å²) >= 11 is 1.91. The third-order valence-electron chi connectivity index (χ3n) is 2.15. The number of halogens is 1. The van der Waals surface area contributed by atoms with E-state index in [1.54, 1.807) is 6.92 Å². The summed E-state index contributed by atoms with van der Waals surface area (Å²) < 4.78 is 5.33. The van der Waals surface area contributed by atoms with Crippen LogP contribution in [0.1, 0.15) is 16.2 Å². The highest BCUT2D eigenvalue weighted by atomic mass is 127. The maximum atomic E-state index is 12.0. The SMILES string of the molecule is Cc1noc(NC(=O)c2cc([N+](=O)[O-])ccc2I)n1. The van der Waals surface area contributed by atoms with Gasteiger partial charge in [0.2, 0.25) is 0 Å². The van der Waals surface area contributed by atoms with E-state index in [9.17, 15) is 14.9 Å². The molecule has 0 bridgehead atoms. The van der Waals surface area contributed by atoms with Crippen LogP contribution in [0.3, 0.4) is 0 Å². The van der Waals surface area contributed by atoms with E-state index in [0.717, 1.165) is 0 Å². The lowest BCUT2D eigenvalue weighted by molar-refractivity contribution is -0.384. The summed E-state index contributed by atoms with van der Waals surface area (Å²) in [6, 6.07) is 3.97. The highest BCUT2D eigenvalue weighted by Gasteiger charge is 2.17. The lowest BCUT2D eigenvalue weighted by Crippen LogP contribution is -2.14. The summed E-state index contributed by atoms with van der Waals surface area (Å²) in [4.78, 5) is 25.9. The molecule has 0 radical (unpaired) electrons. The van der Waals surface area contributed by atoms with Crippen LogP contribution < -0.4 is 5.32 Å². The zero-order valence-corrected chi connectivity index (χ0v) is 11.7. The third kappa shape index (κ3) is 3.05. The molecule has 0 atom stereocenters. The molecule has 98 valence electrons.